The number of nitrogens with two attached hydrogens (primary N) is 2. The maximum absolute atomic E-state index is 9.41. The van der Waals surface area contributed by atoms with Crippen molar-refractivity contribution in [2.75, 3.05) is 11.5 Å². The zero-order valence-corrected chi connectivity index (χ0v) is 6.20. The van der Waals surface area contributed by atoms with Crippen molar-refractivity contribution in [2.24, 2.45) is 0 Å². The van der Waals surface area contributed by atoms with Gasteiger partial charge in [-0.3, -0.25) is 0 Å². The number of hydrogen-bond acceptors (Lipinski definition) is 4. The summed E-state index contributed by atoms with van der Waals surface area (Å²) in [5, 5.41) is 9.41. The third kappa shape index (κ3) is 0.763. The van der Waals surface area contributed by atoms with Gasteiger partial charge in [-0.2, -0.15) is 0 Å². The number of benzene rings is 1. The van der Waals surface area contributed by atoms with Crippen LogP contribution in [0.15, 0.2) is 12.1 Å². The number of imidazole rings is 1. The Balaban J connectivity index is 2.89. The molecule has 1 aromatic heterocycles. The molecule has 2 rings (SSSR count). The minimum Gasteiger partial charge on any atom is -0.504 e. The van der Waals surface area contributed by atoms with E-state index < -0.39 is 0 Å². The van der Waals surface area contributed by atoms with Gasteiger partial charge >= 0.3 is 0 Å². The van der Waals surface area contributed by atoms with Crippen molar-refractivity contribution in [3.63, 3.8) is 0 Å². The van der Waals surface area contributed by atoms with Gasteiger partial charge in [0.25, 0.3) is 0 Å². The van der Waals surface area contributed by atoms with Crippen LogP contribution in [0.25, 0.3) is 11.0 Å². The van der Waals surface area contributed by atoms with E-state index in [1.54, 1.807) is 12.1 Å². The number of fused-ring (bicyclic) bond motifs is 1. The molecule has 0 aliphatic rings. The number of aromatic hydroxyl groups is 1. The van der Waals surface area contributed by atoms with Crippen LogP contribution in [0.1, 0.15) is 0 Å². The van der Waals surface area contributed by atoms with Crippen LogP contribution in [-0.2, 0) is 0 Å². The Bertz CT molecular complexity index is 434. The maximum Gasteiger partial charge on any atom is 0.198 e. The fourth-order valence-electron chi connectivity index (χ4n) is 1.10. The first-order valence-corrected chi connectivity index (χ1v) is 3.41. The minimum absolute atomic E-state index is 0.0274. The minimum atomic E-state index is -0.0274. The molecule has 0 spiro atoms. The van der Waals surface area contributed by atoms with Crippen LogP contribution in [0, 0.1) is 0 Å². The Morgan fingerprint density at radius 1 is 1.33 bits per heavy atom. The topological polar surface area (TPSA) is 101 Å². The van der Waals surface area contributed by atoms with Crippen molar-refractivity contribution in [2.45, 2.75) is 0 Å². The molecule has 0 radical (unpaired) electrons. The predicted octanol–water partition coefficient (Wildman–Crippen LogP) is 0.433. The molecule has 0 saturated heterocycles. The zero-order chi connectivity index (χ0) is 8.72. The van der Waals surface area contributed by atoms with Crippen LogP contribution >= 0.6 is 0 Å². The number of rotatable bonds is 0. The number of aromatic nitrogens is 2. The first-order chi connectivity index (χ1) is 5.68. The molecule has 12 heavy (non-hydrogen) atoms. The van der Waals surface area contributed by atoms with Gasteiger partial charge in [0.1, 0.15) is 5.52 Å². The highest BCUT2D eigenvalue weighted by atomic mass is 16.3. The van der Waals surface area contributed by atoms with Crippen molar-refractivity contribution in [3.8, 4) is 5.75 Å². The molecule has 0 aliphatic heterocycles. The van der Waals surface area contributed by atoms with Gasteiger partial charge in [-0.05, 0) is 12.1 Å². The van der Waals surface area contributed by atoms with Crippen molar-refractivity contribution >= 4 is 22.7 Å². The Morgan fingerprint density at radius 2 is 2.08 bits per heavy atom. The average molecular weight is 164 g/mol. The number of aromatic amines is 1. The van der Waals surface area contributed by atoms with E-state index in [4.69, 9.17) is 11.5 Å². The second-order valence-electron chi connectivity index (χ2n) is 2.52. The molecule has 1 aromatic carbocycles. The van der Waals surface area contributed by atoms with Gasteiger partial charge in [-0.25, -0.2) is 4.98 Å². The van der Waals surface area contributed by atoms with Crippen LogP contribution in [0.3, 0.4) is 0 Å². The summed E-state index contributed by atoms with van der Waals surface area (Å²) in [6, 6.07) is 3.31. The zero-order valence-electron chi connectivity index (χ0n) is 6.20. The lowest BCUT2D eigenvalue weighted by atomic mass is 10.2. The highest BCUT2D eigenvalue weighted by molar-refractivity contribution is 5.88. The quantitative estimate of drug-likeness (QED) is 0.335. The first kappa shape index (κ1) is 6.78. The summed E-state index contributed by atoms with van der Waals surface area (Å²) in [5.74, 6) is 0.242. The highest BCUT2D eigenvalue weighted by Crippen LogP contribution is 2.28. The van der Waals surface area contributed by atoms with Crippen molar-refractivity contribution < 1.29 is 5.11 Å². The average Bonchev–Trinajstić information content (AvgIpc) is 2.39. The van der Waals surface area contributed by atoms with E-state index in [2.05, 4.69) is 9.97 Å². The molecule has 0 amide bonds. The summed E-state index contributed by atoms with van der Waals surface area (Å²) < 4.78 is 0. The Kier molecular flexibility index (Phi) is 1.15. The number of phenolic OH excluding ortho intramolecular Hbond substituents is 1. The lowest BCUT2D eigenvalue weighted by molar-refractivity contribution is 0.483. The monoisotopic (exact) mass is 164 g/mol. The van der Waals surface area contributed by atoms with E-state index in [-0.39, 0.29) is 11.7 Å². The Labute approximate surface area is 68.0 Å². The number of nitrogens with zero attached hydrogens (tertiary/aromatic N) is 1. The first-order valence-electron chi connectivity index (χ1n) is 3.41. The summed E-state index contributed by atoms with van der Waals surface area (Å²) in [4.78, 5) is 6.64. The lowest BCUT2D eigenvalue weighted by Crippen LogP contribution is -1.85. The smallest absolute Gasteiger partial charge is 0.198 e. The summed E-state index contributed by atoms with van der Waals surface area (Å²) in [5.41, 5.74) is 12.2. The van der Waals surface area contributed by atoms with Crippen molar-refractivity contribution in [1.82, 2.24) is 9.97 Å². The molecule has 0 unspecified atom stereocenters. The molecule has 0 fully saturated rings. The molecule has 5 heteroatoms. The summed E-state index contributed by atoms with van der Waals surface area (Å²) in [7, 11) is 0. The van der Waals surface area contributed by atoms with Gasteiger partial charge < -0.3 is 21.6 Å². The van der Waals surface area contributed by atoms with Crippen LogP contribution in [0.4, 0.5) is 11.6 Å². The summed E-state index contributed by atoms with van der Waals surface area (Å²) in [6.07, 6.45) is 0. The Hall–Kier alpha value is -1.91. The van der Waals surface area contributed by atoms with Crippen molar-refractivity contribution in [1.29, 1.82) is 0 Å². The molecule has 0 bridgehead atoms. The molecule has 5 nitrogen and oxygen atoms in total. The second-order valence-corrected chi connectivity index (χ2v) is 2.52. The molecule has 0 aliphatic carbocycles. The van der Waals surface area contributed by atoms with Gasteiger partial charge in [-0.1, -0.05) is 0 Å². The molecule has 0 atom stereocenters. The van der Waals surface area contributed by atoms with Gasteiger partial charge in [0.15, 0.2) is 11.7 Å². The Morgan fingerprint density at radius 3 is 2.83 bits per heavy atom. The van der Waals surface area contributed by atoms with Crippen LogP contribution in [0.5, 0.6) is 5.75 Å². The van der Waals surface area contributed by atoms with E-state index in [1.807, 2.05) is 0 Å². The number of phenols is 1. The summed E-state index contributed by atoms with van der Waals surface area (Å²) >= 11 is 0. The molecule has 6 N–H and O–H groups in total. The SMILES string of the molecule is Nc1nc2c(O)c(N)ccc2[nH]1. The second kappa shape index (κ2) is 2.04. The van der Waals surface area contributed by atoms with Crippen LogP contribution in [-0.4, -0.2) is 15.1 Å². The lowest BCUT2D eigenvalue weighted by Gasteiger charge is -1.96. The van der Waals surface area contributed by atoms with E-state index in [9.17, 15) is 5.11 Å². The van der Waals surface area contributed by atoms with E-state index in [0.717, 1.165) is 0 Å². The van der Waals surface area contributed by atoms with E-state index in [1.165, 1.54) is 0 Å². The van der Waals surface area contributed by atoms with E-state index in [0.29, 0.717) is 16.7 Å². The number of anilines is 2. The van der Waals surface area contributed by atoms with Gasteiger partial charge in [0.2, 0.25) is 0 Å². The number of nitrogen functional groups attached to an aromatic ring is 2. The largest absolute Gasteiger partial charge is 0.504 e. The fourth-order valence-corrected chi connectivity index (χ4v) is 1.10. The van der Waals surface area contributed by atoms with Gasteiger partial charge in [-0.15, -0.1) is 0 Å². The van der Waals surface area contributed by atoms with Crippen LogP contribution in [0.2, 0.25) is 0 Å². The summed E-state index contributed by atoms with van der Waals surface area (Å²) in [6.45, 7) is 0. The third-order valence-electron chi connectivity index (χ3n) is 1.68. The van der Waals surface area contributed by atoms with Gasteiger partial charge in [0.05, 0.1) is 11.2 Å². The third-order valence-corrected chi connectivity index (χ3v) is 1.68. The molecular weight excluding hydrogens is 156 g/mol. The molecular formula is C7H8N4O. The number of nitrogens with one attached hydrogen (secondary N) is 1. The molecule has 62 valence electrons. The highest BCUT2D eigenvalue weighted by Gasteiger charge is 2.06. The van der Waals surface area contributed by atoms with Crippen LogP contribution < -0.4 is 11.5 Å². The normalized spacial score (nSPS) is 10.7. The molecule has 0 saturated carbocycles. The number of H-pyrrole nitrogens is 1. The standard InChI is InChI=1S/C7H8N4O/c8-3-1-2-4-5(6(3)12)11-7(9)10-4/h1-2,12H,8H2,(H3,9,10,11). The molecule has 2 aromatic rings. The molecule has 1 heterocycles. The maximum atomic E-state index is 9.41. The number of hydrogen-bond donors (Lipinski definition) is 4. The van der Waals surface area contributed by atoms with Gasteiger partial charge in [0, 0.05) is 0 Å². The van der Waals surface area contributed by atoms with E-state index >= 15 is 0 Å². The predicted molar refractivity (Wildman–Crippen MR) is 46.6 cm³/mol. The van der Waals surface area contributed by atoms with Crippen molar-refractivity contribution in [3.05, 3.63) is 12.1 Å². The fraction of sp³-hybridized carbons (Fsp3) is 0.